The van der Waals surface area contributed by atoms with E-state index in [1.807, 2.05) is 64.1 Å². The monoisotopic (exact) mass is 474 g/mol. The molecule has 35 heavy (non-hydrogen) atoms. The first kappa shape index (κ1) is 24.3. The molecular weight excluding hydrogens is 446 g/mol. The summed E-state index contributed by atoms with van der Waals surface area (Å²) in [6.45, 7) is 7.45. The molecule has 4 rings (SSSR count). The predicted octanol–water partition coefficient (Wildman–Crippen LogP) is 4.10. The summed E-state index contributed by atoms with van der Waals surface area (Å²) in [5.41, 5.74) is 4.51. The molecule has 0 aliphatic rings. The zero-order valence-corrected chi connectivity index (χ0v) is 20.3. The molecule has 0 aliphatic carbocycles. The lowest BCUT2D eigenvalue weighted by atomic mass is 9.96. The van der Waals surface area contributed by atoms with Gasteiger partial charge in [0.2, 0.25) is 5.91 Å². The van der Waals surface area contributed by atoms with Gasteiger partial charge < -0.3 is 24.1 Å². The minimum Gasteiger partial charge on any atom is -0.548 e. The summed E-state index contributed by atoms with van der Waals surface area (Å²) in [5.74, 6) is -0.989. The third-order valence-electron chi connectivity index (χ3n) is 6.50. The summed E-state index contributed by atoms with van der Waals surface area (Å²) in [4.78, 5) is 36.5. The van der Waals surface area contributed by atoms with Crippen LogP contribution in [0.25, 0.3) is 33.1 Å². The smallest absolute Gasteiger partial charge is 0.339 e. The van der Waals surface area contributed by atoms with Crippen LogP contribution in [0.4, 0.5) is 0 Å². The predicted molar refractivity (Wildman–Crippen MR) is 132 cm³/mol. The Bertz CT molecular complexity index is 1480. The zero-order chi connectivity index (χ0) is 25.3. The second-order valence-corrected chi connectivity index (χ2v) is 8.88. The maximum Gasteiger partial charge on any atom is 0.339 e. The molecule has 2 aromatic heterocycles. The summed E-state index contributed by atoms with van der Waals surface area (Å²) in [7, 11) is 0. The highest BCUT2D eigenvalue weighted by Crippen LogP contribution is 2.39. The second-order valence-electron chi connectivity index (χ2n) is 8.88. The molecule has 2 aromatic carbocycles. The minimum absolute atomic E-state index is 0.0358. The van der Waals surface area contributed by atoms with Gasteiger partial charge in [0, 0.05) is 33.9 Å². The van der Waals surface area contributed by atoms with Crippen LogP contribution in [0.5, 0.6) is 0 Å². The first-order chi connectivity index (χ1) is 16.7. The maximum absolute atomic E-state index is 12.8. The Morgan fingerprint density at radius 2 is 1.69 bits per heavy atom. The third kappa shape index (κ3) is 4.58. The van der Waals surface area contributed by atoms with Crippen molar-refractivity contribution in [2.45, 2.75) is 59.4 Å². The van der Waals surface area contributed by atoms with E-state index in [-0.39, 0.29) is 19.3 Å². The highest BCUT2D eigenvalue weighted by atomic mass is 16.4. The van der Waals surface area contributed by atoms with Crippen LogP contribution in [0.15, 0.2) is 50.0 Å². The van der Waals surface area contributed by atoms with Crippen LogP contribution in [0, 0.1) is 20.8 Å². The van der Waals surface area contributed by atoms with Gasteiger partial charge in [-0.25, -0.2) is 4.79 Å². The van der Waals surface area contributed by atoms with E-state index in [0.717, 1.165) is 38.8 Å². The number of benzene rings is 2. The number of carbonyl (C=O) groups is 2. The van der Waals surface area contributed by atoms with Crippen LogP contribution in [0.1, 0.15) is 48.6 Å². The van der Waals surface area contributed by atoms with Crippen LogP contribution in [0.2, 0.25) is 0 Å². The topological polar surface area (TPSA) is 113 Å². The standard InChI is InChI=1S/C28H29NO6/c1-5-9-22(27(31)32)29-23(30)13-12-19-15(2)20-14-21-24(18-10-7-6-8-11-18)17(4)34-26(21)16(3)25(20)35-28(19)33/h6-8,10-11,14,22H,5,9,12-13H2,1-4H3,(H,29,30)(H,31,32)/p-1/t22-/m0/s1. The summed E-state index contributed by atoms with van der Waals surface area (Å²) in [6.07, 6.45) is 0.980. The Labute approximate surface area is 202 Å². The minimum atomic E-state index is -1.31. The molecule has 4 aromatic rings. The van der Waals surface area contributed by atoms with Crippen LogP contribution in [-0.2, 0) is 16.0 Å². The van der Waals surface area contributed by atoms with Crippen molar-refractivity contribution in [3.63, 3.8) is 0 Å². The molecule has 0 fully saturated rings. The van der Waals surface area contributed by atoms with Gasteiger partial charge in [-0.1, -0.05) is 43.7 Å². The molecule has 0 spiro atoms. The number of hydrogen-bond acceptors (Lipinski definition) is 6. The van der Waals surface area contributed by atoms with Gasteiger partial charge in [0.05, 0.1) is 12.0 Å². The molecule has 7 nitrogen and oxygen atoms in total. The molecular formula is C28H28NO6-. The van der Waals surface area contributed by atoms with Crippen LogP contribution in [-0.4, -0.2) is 17.9 Å². The fraction of sp³-hybridized carbons (Fsp3) is 0.321. The van der Waals surface area contributed by atoms with Gasteiger partial charge in [-0.3, -0.25) is 4.79 Å². The van der Waals surface area contributed by atoms with Gasteiger partial charge in [0.25, 0.3) is 0 Å². The van der Waals surface area contributed by atoms with Gasteiger partial charge in [0.15, 0.2) is 0 Å². The highest BCUT2D eigenvalue weighted by molar-refractivity contribution is 6.05. The molecule has 0 radical (unpaired) electrons. The van der Waals surface area contributed by atoms with Crippen LogP contribution >= 0.6 is 0 Å². The number of hydrogen-bond donors (Lipinski definition) is 1. The van der Waals surface area contributed by atoms with Crippen molar-refractivity contribution in [1.29, 1.82) is 0 Å². The van der Waals surface area contributed by atoms with Crippen molar-refractivity contribution in [2.75, 3.05) is 0 Å². The molecule has 1 N–H and O–H groups in total. The van der Waals surface area contributed by atoms with Crippen molar-refractivity contribution < 1.29 is 23.5 Å². The second kappa shape index (κ2) is 9.78. The van der Waals surface area contributed by atoms with Crippen molar-refractivity contribution in [3.8, 4) is 11.1 Å². The van der Waals surface area contributed by atoms with E-state index >= 15 is 0 Å². The Kier molecular flexibility index (Phi) is 6.78. The molecule has 1 atom stereocenters. The first-order valence-electron chi connectivity index (χ1n) is 11.8. The molecule has 182 valence electrons. The van der Waals surface area contributed by atoms with Crippen molar-refractivity contribution in [3.05, 3.63) is 69.3 Å². The third-order valence-corrected chi connectivity index (χ3v) is 6.50. The van der Waals surface area contributed by atoms with E-state index in [2.05, 4.69) is 5.32 Å². The number of carbonyl (C=O) groups excluding carboxylic acids is 2. The number of furan rings is 1. The number of aryl methyl sites for hydroxylation is 3. The van der Waals surface area contributed by atoms with E-state index < -0.39 is 23.5 Å². The largest absolute Gasteiger partial charge is 0.548 e. The van der Waals surface area contributed by atoms with Gasteiger partial charge in [-0.15, -0.1) is 0 Å². The summed E-state index contributed by atoms with van der Waals surface area (Å²) < 4.78 is 11.8. The number of nitrogens with one attached hydrogen (secondary N) is 1. The average molecular weight is 475 g/mol. The van der Waals surface area contributed by atoms with Crippen LogP contribution in [0.3, 0.4) is 0 Å². The van der Waals surface area contributed by atoms with Crippen molar-refractivity contribution in [1.82, 2.24) is 5.32 Å². The van der Waals surface area contributed by atoms with Crippen molar-refractivity contribution >= 4 is 33.8 Å². The normalized spacial score (nSPS) is 12.2. The Balaban J connectivity index is 1.74. The molecule has 2 heterocycles. The van der Waals surface area contributed by atoms with Gasteiger partial charge in [-0.2, -0.15) is 0 Å². The molecule has 0 bridgehead atoms. The molecule has 0 unspecified atom stereocenters. The van der Waals surface area contributed by atoms with E-state index in [9.17, 15) is 19.5 Å². The van der Waals surface area contributed by atoms with Gasteiger partial charge >= 0.3 is 5.63 Å². The molecule has 0 saturated heterocycles. The number of amides is 1. The lowest BCUT2D eigenvalue weighted by molar-refractivity contribution is -0.308. The van der Waals surface area contributed by atoms with E-state index in [1.54, 1.807) is 0 Å². The number of carboxylic acids is 1. The number of aliphatic carboxylic acids is 1. The number of rotatable bonds is 8. The fourth-order valence-electron chi connectivity index (χ4n) is 4.67. The fourth-order valence-corrected chi connectivity index (χ4v) is 4.67. The summed E-state index contributed by atoms with van der Waals surface area (Å²) >= 11 is 0. The van der Waals surface area contributed by atoms with E-state index in [4.69, 9.17) is 8.83 Å². The molecule has 0 saturated carbocycles. The SMILES string of the molecule is CCC[C@H](NC(=O)CCc1c(C)c2cc3c(-c4ccccc4)c(C)oc3c(C)c2oc1=O)C(=O)[O-]. The summed E-state index contributed by atoms with van der Waals surface area (Å²) in [5, 5.41) is 15.4. The Morgan fingerprint density at radius 1 is 1.00 bits per heavy atom. The summed E-state index contributed by atoms with van der Waals surface area (Å²) in [6, 6.07) is 10.9. The van der Waals surface area contributed by atoms with Crippen molar-refractivity contribution in [2.24, 2.45) is 0 Å². The first-order valence-corrected chi connectivity index (χ1v) is 11.8. The van der Waals surface area contributed by atoms with E-state index in [0.29, 0.717) is 23.2 Å². The quantitative estimate of drug-likeness (QED) is 0.385. The Morgan fingerprint density at radius 3 is 2.34 bits per heavy atom. The Hall–Kier alpha value is -3.87. The van der Waals surface area contributed by atoms with Gasteiger partial charge in [0.1, 0.15) is 16.9 Å². The zero-order valence-electron chi connectivity index (χ0n) is 20.3. The molecule has 0 aliphatic heterocycles. The maximum atomic E-state index is 12.8. The highest BCUT2D eigenvalue weighted by Gasteiger charge is 2.21. The van der Waals surface area contributed by atoms with Gasteiger partial charge in [-0.05, 0) is 50.8 Å². The van der Waals surface area contributed by atoms with Crippen LogP contribution < -0.4 is 16.0 Å². The average Bonchev–Trinajstić information content (AvgIpc) is 3.16. The lowest BCUT2D eigenvalue weighted by Crippen LogP contribution is -2.47. The number of carboxylic acid groups (broad SMARTS) is 1. The molecule has 7 heteroatoms. The number of fused-ring (bicyclic) bond motifs is 2. The molecule has 1 amide bonds. The van der Waals surface area contributed by atoms with E-state index in [1.165, 1.54) is 0 Å². The lowest BCUT2D eigenvalue weighted by Gasteiger charge is -2.19.